The van der Waals surface area contributed by atoms with Crippen LogP contribution in [0.4, 0.5) is 5.82 Å². The molecule has 0 amide bonds. The van der Waals surface area contributed by atoms with Gasteiger partial charge in [-0.2, -0.15) is 0 Å². The number of hydrogen-bond acceptors (Lipinski definition) is 3. The third kappa shape index (κ3) is 2.46. The second-order valence-corrected chi connectivity index (χ2v) is 6.87. The number of hydrogen-bond donors (Lipinski definition) is 1. The molecule has 0 radical (unpaired) electrons. The quantitative estimate of drug-likeness (QED) is 0.577. The number of fused-ring (bicyclic) bond motifs is 2. The highest BCUT2D eigenvalue weighted by atomic mass is 15.0. The first-order valence-electron chi connectivity index (χ1n) is 9.03. The molecule has 1 aliphatic heterocycles. The summed E-state index contributed by atoms with van der Waals surface area (Å²) in [5.41, 5.74) is 7.05. The lowest BCUT2D eigenvalue weighted by Gasteiger charge is -2.17. The third-order valence-corrected chi connectivity index (χ3v) is 5.20. The summed E-state index contributed by atoms with van der Waals surface area (Å²) in [6.07, 6.45) is 8.04. The molecule has 4 heteroatoms. The van der Waals surface area contributed by atoms with E-state index >= 15 is 0 Å². The fourth-order valence-electron chi connectivity index (χ4n) is 3.81. The molecule has 0 unspecified atom stereocenters. The van der Waals surface area contributed by atoms with Gasteiger partial charge in [-0.1, -0.05) is 18.2 Å². The molecule has 0 fully saturated rings. The number of anilines is 1. The van der Waals surface area contributed by atoms with Crippen molar-refractivity contribution < 1.29 is 0 Å². The number of rotatable bonds is 2. The monoisotopic (exact) mass is 340 g/mol. The largest absolute Gasteiger partial charge is 0.370 e. The van der Waals surface area contributed by atoms with Crippen molar-refractivity contribution >= 4 is 16.7 Å². The molecule has 0 saturated heterocycles. The maximum Gasteiger partial charge on any atom is 0.129 e. The van der Waals surface area contributed by atoms with E-state index in [-0.39, 0.29) is 0 Å². The predicted octanol–water partition coefficient (Wildman–Crippen LogP) is 4.66. The first-order valence-corrected chi connectivity index (χ1v) is 9.03. The Bertz CT molecular complexity index is 1110. The summed E-state index contributed by atoms with van der Waals surface area (Å²) in [7, 11) is 2.11. The second kappa shape index (κ2) is 5.99. The molecule has 3 aromatic heterocycles. The Labute approximate surface area is 152 Å². The van der Waals surface area contributed by atoms with E-state index in [0.29, 0.717) is 0 Å². The summed E-state index contributed by atoms with van der Waals surface area (Å²) in [5.74, 6) is 1.03. The minimum Gasteiger partial charge on any atom is -0.370 e. The molecule has 5 rings (SSSR count). The van der Waals surface area contributed by atoms with Gasteiger partial charge in [0.25, 0.3) is 0 Å². The SMILES string of the molecule is Cn1c(-c2cncc(-c3cnc4c(c3)CCCN4)c2)cc2ccccc21. The topological polar surface area (TPSA) is 42.7 Å². The van der Waals surface area contributed by atoms with Gasteiger partial charge in [-0.3, -0.25) is 4.98 Å². The van der Waals surface area contributed by atoms with Crippen LogP contribution in [0, 0.1) is 0 Å². The standard InChI is InChI=1S/C22H20N4/c1-26-20-7-3-2-5-15(20)11-21(26)19-10-17(12-23-13-19)18-9-16-6-4-8-24-22(16)25-14-18/h2-3,5,7,9-14H,4,6,8H2,1H3,(H,24,25). The number of nitrogens with one attached hydrogen (secondary N) is 1. The molecule has 0 saturated carbocycles. The fraction of sp³-hybridized carbons (Fsp3) is 0.182. The number of para-hydroxylation sites is 1. The highest BCUT2D eigenvalue weighted by Crippen LogP contribution is 2.31. The maximum atomic E-state index is 4.61. The van der Waals surface area contributed by atoms with E-state index in [0.717, 1.165) is 41.9 Å². The van der Waals surface area contributed by atoms with Crippen LogP contribution in [0.15, 0.2) is 61.1 Å². The van der Waals surface area contributed by atoms with Crippen LogP contribution in [-0.2, 0) is 13.5 Å². The number of nitrogens with zero attached hydrogens (tertiary/aromatic N) is 3. The highest BCUT2D eigenvalue weighted by molar-refractivity contribution is 5.87. The molecule has 0 bridgehead atoms. The molecule has 4 aromatic rings. The van der Waals surface area contributed by atoms with E-state index in [1.807, 2.05) is 18.6 Å². The molecule has 0 spiro atoms. The van der Waals surface area contributed by atoms with Crippen molar-refractivity contribution in [3.8, 4) is 22.4 Å². The third-order valence-electron chi connectivity index (χ3n) is 5.20. The zero-order valence-electron chi connectivity index (χ0n) is 14.7. The zero-order chi connectivity index (χ0) is 17.5. The summed E-state index contributed by atoms with van der Waals surface area (Å²) in [4.78, 5) is 9.11. The minimum absolute atomic E-state index is 1.01. The van der Waals surface area contributed by atoms with E-state index in [9.17, 15) is 0 Å². The van der Waals surface area contributed by atoms with E-state index in [1.165, 1.54) is 22.2 Å². The van der Waals surface area contributed by atoms with Gasteiger partial charge in [-0.15, -0.1) is 0 Å². The van der Waals surface area contributed by atoms with Gasteiger partial charge in [0.05, 0.1) is 5.69 Å². The van der Waals surface area contributed by atoms with Gasteiger partial charge < -0.3 is 9.88 Å². The molecule has 4 heterocycles. The van der Waals surface area contributed by atoms with Crippen molar-refractivity contribution in [2.24, 2.45) is 7.05 Å². The first-order chi connectivity index (χ1) is 12.8. The van der Waals surface area contributed by atoms with Gasteiger partial charge in [0.15, 0.2) is 0 Å². The van der Waals surface area contributed by atoms with Crippen molar-refractivity contribution in [2.75, 3.05) is 11.9 Å². The Morgan fingerprint density at radius 1 is 0.962 bits per heavy atom. The molecule has 1 aliphatic rings. The predicted molar refractivity (Wildman–Crippen MR) is 106 cm³/mol. The Morgan fingerprint density at radius 3 is 2.73 bits per heavy atom. The van der Waals surface area contributed by atoms with Crippen LogP contribution < -0.4 is 5.32 Å². The number of pyridine rings is 2. The minimum atomic E-state index is 1.01. The second-order valence-electron chi connectivity index (χ2n) is 6.87. The van der Waals surface area contributed by atoms with E-state index in [4.69, 9.17) is 0 Å². The van der Waals surface area contributed by atoms with E-state index < -0.39 is 0 Å². The average molecular weight is 340 g/mol. The van der Waals surface area contributed by atoms with Crippen molar-refractivity contribution in [3.63, 3.8) is 0 Å². The van der Waals surface area contributed by atoms with Crippen LogP contribution in [-0.4, -0.2) is 21.1 Å². The molecule has 0 aliphatic carbocycles. The van der Waals surface area contributed by atoms with Crippen LogP contribution in [0.5, 0.6) is 0 Å². The van der Waals surface area contributed by atoms with Crippen LogP contribution in [0.3, 0.4) is 0 Å². The van der Waals surface area contributed by atoms with Crippen molar-refractivity contribution in [2.45, 2.75) is 12.8 Å². The van der Waals surface area contributed by atoms with Gasteiger partial charge in [0, 0.05) is 59.8 Å². The van der Waals surface area contributed by atoms with Gasteiger partial charge in [0.2, 0.25) is 0 Å². The van der Waals surface area contributed by atoms with Crippen LogP contribution in [0.25, 0.3) is 33.3 Å². The number of aromatic nitrogens is 3. The summed E-state index contributed by atoms with van der Waals surface area (Å²) in [6.45, 7) is 1.01. The Balaban J connectivity index is 1.59. The lowest BCUT2D eigenvalue weighted by Crippen LogP contribution is -2.13. The molecule has 128 valence electrons. The average Bonchev–Trinajstić information content (AvgIpc) is 3.05. The Hall–Kier alpha value is -3.14. The maximum absolute atomic E-state index is 4.61. The number of benzene rings is 1. The summed E-state index contributed by atoms with van der Waals surface area (Å²) in [6, 6.07) is 15.1. The smallest absolute Gasteiger partial charge is 0.129 e. The zero-order valence-corrected chi connectivity index (χ0v) is 14.7. The summed E-state index contributed by atoms with van der Waals surface area (Å²) in [5, 5.41) is 4.62. The molecule has 26 heavy (non-hydrogen) atoms. The fourth-order valence-corrected chi connectivity index (χ4v) is 3.81. The normalized spacial score (nSPS) is 13.4. The van der Waals surface area contributed by atoms with Crippen LogP contribution in [0.1, 0.15) is 12.0 Å². The van der Waals surface area contributed by atoms with Gasteiger partial charge in [0.1, 0.15) is 5.82 Å². The van der Waals surface area contributed by atoms with Crippen molar-refractivity contribution in [3.05, 3.63) is 66.6 Å². The Kier molecular flexibility index (Phi) is 3.49. The molecule has 4 nitrogen and oxygen atoms in total. The highest BCUT2D eigenvalue weighted by Gasteiger charge is 2.13. The van der Waals surface area contributed by atoms with E-state index in [2.05, 4.69) is 69.4 Å². The molecular weight excluding hydrogens is 320 g/mol. The molecular formula is C22H20N4. The molecule has 0 atom stereocenters. The van der Waals surface area contributed by atoms with Crippen LogP contribution in [0.2, 0.25) is 0 Å². The van der Waals surface area contributed by atoms with Crippen molar-refractivity contribution in [1.82, 2.24) is 14.5 Å². The summed E-state index contributed by atoms with van der Waals surface area (Å²) < 4.78 is 2.23. The molecule has 1 N–H and O–H groups in total. The van der Waals surface area contributed by atoms with Gasteiger partial charge in [-0.25, -0.2) is 4.98 Å². The van der Waals surface area contributed by atoms with E-state index in [1.54, 1.807) is 0 Å². The van der Waals surface area contributed by atoms with Gasteiger partial charge in [-0.05, 0) is 42.7 Å². The first kappa shape index (κ1) is 15.1. The lowest BCUT2D eigenvalue weighted by molar-refractivity contribution is 0.818. The molecule has 1 aromatic carbocycles. The van der Waals surface area contributed by atoms with Crippen LogP contribution >= 0.6 is 0 Å². The number of aryl methyl sites for hydroxylation is 2. The summed E-state index contributed by atoms with van der Waals surface area (Å²) >= 11 is 0. The van der Waals surface area contributed by atoms with Gasteiger partial charge >= 0.3 is 0 Å². The lowest BCUT2D eigenvalue weighted by atomic mass is 10.0. The van der Waals surface area contributed by atoms with Crippen molar-refractivity contribution in [1.29, 1.82) is 0 Å². The Morgan fingerprint density at radius 2 is 1.81 bits per heavy atom.